The molecule has 1 heterocycles. The lowest BCUT2D eigenvalue weighted by atomic mass is 10.2. The Labute approximate surface area is 138 Å². The Bertz CT molecular complexity index is 787. The van der Waals surface area contributed by atoms with Crippen LogP contribution in [0, 0.1) is 5.82 Å². The van der Waals surface area contributed by atoms with Gasteiger partial charge in [0.05, 0.1) is 7.05 Å². The number of aromatic nitrogens is 4. The second-order valence-electron chi connectivity index (χ2n) is 5.41. The van der Waals surface area contributed by atoms with Gasteiger partial charge in [-0.25, -0.2) is 4.39 Å². The summed E-state index contributed by atoms with van der Waals surface area (Å²) in [5.41, 5.74) is 1.89. The highest BCUT2D eigenvalue weighted by atomic mass is 35.5. The maximum absolute atomic E-state index is 12.9. The molecule has 0 spiro atoms. The number of quaternary nitrogens is 1. The van der Waals surface area contributed by atoms with Crippen LogP contribution in [0.25, 0.3) is 11.4 Å². The number of benzene rings is 2. The molecule has 2 aromatic carbocycles. The van der Waals surface area contributed by atoms with Gasteiger partial charge in [-0.1, -0.05) is 23.7 Å². The molecular formula is C16H16ClFN5+. The first-order valence-electron chi connectivity index (χ1n) is 7.19. The summed E-state index contributed by atoms with van der Waals surface area (Å²) in [5.74, 6) is 0.201. The standard InChI is InChI=1S/C16H15ClFN5/c1-22(10-12-3-2-4-14(17)9-12)11-23-20-16(19-21-23)13-5-7-15(18)8-6-13/h2-9H,10-11H2,1H3/p+1. The fraction of sp³-hybridized carbons (Fsp3) is 0.188. The van der Waals surface area contributed by atoms with E-state index in [1.807, 2.05) is 31.3 Å². The fourth-order valence-corrected chi connectivity index (χ4v) is 2.53. The van der Waals surface area contributed by atoms with Crippen molar-refractivity contribution < 1.29 is 9.29 Å². The molecule has 23 heavy (non-hydrogen) atoms. The Morgan fingerprint density at radius 2 is 1.96 bits per heavy atom. The van der Waals surface area contributed by atoms with Crippen LogP contribution in [0.3, 0.4) is 0 Å². The summed E-state index contributed by atoms with van der Waals surface area (Å²) in [4.78, 5) is 2.73. The maximum Gasteiger partial charge on any atom is 0.205 e. The summed E-state index contributed by atoms with van der Waals surface area (Å²) in [6, 6.07) is 13.8. The van der Waals surface area contributed by atoms with Gasteiger partial charge in [-0.2, -0.15) is 0 Å². The number of halogens is 2. The SMILES string of the molecule is C[NH+](Cc1cccc(Cl)c1)Cn1nnc(-c2ccc(F)cc2)n1. The zero-order valence-electron chi connectivity index (χ0n) is 12.6. The molecule has 0 bridgehead atoms. The second-order valence-corrected chi connectivity index (χ2v) is 5.85. The summed E-state index contributed by atoms with van der Waals surface area (Å²) in [6.45, 7) is 1.37. The van der Waals surface area contributed by atoms with Gasteiger partial charge in [-0.3, -0.25) is 0 Å². The minimum Gasteiger partial charge on any atom is -0.314 e. The molecule has 1 N–H and O–H groups in total. The quantitative estimate of drug-likeness (QED) is 0.775. The van der Waals surface area contributed by atoms with Gasteiger partial charge in [0.25, 0.3) is 0 Å². The molecular weight excluding hydrogens is 317 g/mol. The third-order valence-corrected chi connectivity index (χ3v) is 3.60. The third-order valence-electron chi connectivity index (χ3n) is 3.36. The van der Waals surface area contributed by atoms with E-state index in [-0.39, 0.29) is 5.82 Å². The van der Waals surface area contributed by atoms with Gasteiger partial charge in [0.15, 0.2) is 6.67 Å². The first-order valence-corrected chi connectivity index (χ1v) is 7.57. The van der Waals surface area contributed by atoms with Crippen molar-refractivity contribution in [1.82, 2.24) is 20.2 Å². The fourth-order valence-electron chi connectivity index (χ4n) is 2.32. The first-order chi connectivity index (χ1) is 11.1. The molecule has 0 saturated carbocycles. The van der Waals surface area contributed by atoms with Crippen molar-refractivity contribution in [2.24, 2.45) is 0 Å². The summed E-state index contributed by atoms with van der Waals surface area (Å²) >= 11 is 5.99. The zero-order chi connectivity index (χ0) is 16.2. The largest absolute Gasteiger partial charge is 0.314 e. The van der Waals surface area contributed by atoms with Gasteiger partial charge in [0, 0.05) is 16.1 Å². The monoisotopic (exact) mass is 332 g/mol. The van der Waals surface area contributed by atoms with E-state index < -0.39 is 0 Å². The number of rotatable bonds is 5. The number of tetrazole rings is 1. The van der Waals surface area contributed by atoms with E-state index >= 15 is 0 Å². The van der Waals surface area contributed by atoms with Crippen LogP contribution in [-0.4, -0.2) is 27.3 Å². The van der Waals surface area contributed by atoms with Gasteiger partial charge in [-0.05, 0) is 41.6 Å². The molecule has 3 aromatic rings. The lowest BCUT2D eigenvalue weighted by molar-refractivity contribution is -0.918. The van der Waals surface area contributed by atoms with Crippen LogP contribution in [0.2, 0.25) is 5.02 Å². The molecule has 3 rings (SSSR count). The van der Waals surface area contributed by atoms with Crippen LogP contribution >= 0.6 is 11.6 Å². The second kappa shape index (κ2) is 6.85. The highest BCUT2D eigenvalue weighted by molar-refractivity contribution is 6.30. The van der Waals surface area contributed by atoms with Crippen LogP contribution in [-0.2, 0) is 13.2 Å². The predicted octanol–water partition coefficient (Wildman–Crippen LogP) is 1.80. The Kier molecular flexibility index (Phi) is 4.64. The first kappa shape index (κ1) is 15.6. The number of nitrogens with zero attached hydrogens (tertiary/aromatic N) is 4. The lowest BCUT2D eigenvalue weighted by Crippen LogP contribution is -3.07. The summed E-state index contributed by atoms with van der Waals surface area (Å²) < 4.78 is 12.9. The summed E-state index contributed by atoms with van der Waals surface area (Å²) in [5, 5.41) is 13.1. The van der Waals surface area contributed by atoms with E-state index in [1.165, 1.54) is 17.0 Å². The normalized spacial score (nSPS) is 12.3. The Morgan fingerprint density at radius 1 is 1.17 bits per heavy atom. The topological polar surface area (TPSA) is 48.0 Å². The molecule has 118 valence electrons. The summed E-state index contributed by atoms with van der Waals surface area (Å²) in [6.07, 6.45) is 0. The number of hydrogen-bond donors (Lipinski definition) is 1. The minimum atomic E-state index is -0.285. The Hall–Kier alpha value is -2.31. The van der Waals surface area contributed by atoms with Crippen molar-refractivity contribution in [3.05, 3.63) is 64.9 Å². The molecule has 1 atom stereocenters. The molecule has 0 aliphatic carbocycles. The number of hydrogen-bond acceptors (Lipinski definition) is 3. The van der Waals surface area contributed by atoms with Crippen molar-refractivity contribution in [1.29, 1.82) is 0 Å². The molecule has 0 aliphatic heterocycles. The van der Waals surface area contributed by atoms with Crippen molar-refractivity contribution >= 4 is 11.6 Å². The highest BCUT2D eigenvalue weighted by Crippen LogP contribution is 2.13. The van der Waals surface area contributed by atoms with Crippen LogP contribution in [0.1, 0.15) is 5.56 Å². The van der Waals surface area contributed by atoms with Crippen molar-refractivity contribution in [2.45, 2.75) is 13.2 Å². The van der Waals surface area contributed by atoms with E-state index in [0.717, 1.165) is 22.7 Å². The smallest absolute Gasteiger partial charge is 0.205 e. The molecule has 0 saturated heterocycles. The average molecular weight is 333 g/mol. The summed E-state index contributed by atoms with van der Waals surface area (Å²) in [7, 11) is 2.04. The van der Waals surface area contributed by atoms with Crippen LogP contribution in [0.15, 0.2) is 48.5 Å². The van der Waals surface area contributed by atoms with E-state index in [0.29, 0.717) is 12.5 Å². The molecule has 0 aliphatic rings. The Balaban J connectivity index is 1.65. The van der Waals surface area contributed by atoms with Gasteiger partial charge in [-0.15, -0.1) is 15.0 Å². The van der Waals surface area contributed by atoms with E-state index in [4.69, 9.17) is 11.6 Å². The lowest BCUT2D eigenvalue weighted by Gasteiger charge is -2.12. The molecule has 7 heteroatoms. The zero-order valence-corrected chi connectivity index (χ0v) is 13.3. The van der Waals surface area contributed by atoms with E-state index in [2.05, 4.69) is 15.4 Å². The van der Waals surface area contributed by atoms with Crippen molar-refractivity contribution in [3.8, 4) is 11.4 Å². The van der Waals surface area contributed by atoms with Crippen LogP contribution in [0.5, 0.6) is 0 Å². The Morgan fingerprint density at radius 3 is 2.70 bits per heavy atom. The van der Waals surface area contributed by atoms with E-state index in [9.17, 15) is 4.39 Å². The van der Waals surface area contributed by atoms with Gasteiger partial charge < -0.3 is 4.90 Å². The minimum absolute atomic E-state index is 0.285. The average Bonchev–Trinajstić information content (AvgIpc) is 2.96. The van der Waals surface area contributed by atoms with Crippen molar-refractivity contribution in [3.63, 3.8) is 0 Å². The van der Waals surface area contributed by atoms with Gasteiger partial charge >= 0.3 is 0 Å². The molecule has 5 nitrogen and oxygen atoms in total. The maximum atomic E-state index is 12.9. The van der Waals surface area contributed by atoms with Gasteiger partial charge in [0.2, 0.25) is 5.82 Å². The van der Waals surface area contributed by atoms with Crippen LogP contribution < -0.4 is 4.90 Å². The number of nitrogens with one attached hydrogen (secondary N) is 1. The van der Waals surface area contributed by atoms with Gasteiger partial charge in [0.1, 0.15) is 12.4 Å². The molecule has 1 unspecified atom stereocenters. The van der Waals surface area contributed by atoms with Crippen molar-refractivity contribution in [2.75, 3.05) is 7.05 Å². The van der Waals surface area contributed by atoms with E-state index in [1.54, 1.807) is 16.9 Å². The predicted molar refractivity (Wildman–Crippen MR) is 85.3 cm³/mol. The molecule has 0 fully saturated rings. The third kappa shape index (κ3) is 4.12. The highest BCUT2D eigenvalue weighted by Gasteiger charge is 2.10. The molecule has 1 aromatic heterocycles. The molecule has 0 amide bonds. The van der Waals surface area contributed by atoms with Crippen LogP contribution in [0.4, 0.5) is 4.39 Å². The molecule has 0 radical (unpaired) electrons.